The van der Waals surface area contributed by atoms with Crippen molar-refractivity contribution in [1.82, 2.24) is 24.6 Å². The molecule has 9 heteroatoms. The summed E-state index contributed by atoms with van der Waals surface area (Å²) in [6, 6.07) is 9.97. The molecule has 0 N–H and O–H groups in total. The molecule has 29 heavy (non-hydrogen) atoms. The Bertz CT molecular complexity index is 879. The van der Waals surface area contributed by atoms with Gasteiger partial charge in [-0.2, -0.15) is 4.68 Å². The van der Waals surface area contributed by atoms with Crippen molar-refractivity contribution < 1.29 is 14.3 Å². The van der Waals surface area contributed by atoms with E-state index in [0.29, 0.717) is 50.2 Å². The van der Waals surface area contributed by atoms with Gasteiger partial charge in [0.25, 0.3) is 5.91 Å². The molecule has 154 valence electrons. The van der Waals surface area contributed by atoms with Gasteiger partial charge in [-0.3, -0.25) is 9.69 Å². The number of hydrogen-bond acceptors (Lipinski definition) is 7. The van der Waals surface area contributed by atoms with E-state index in [0.717, 1.165) is 5.56 Å². The second-order valence-electron chi connectivity index (χ2n) is 7.03. The minimum Gasteiger partial charge on any atom is -0.450 e. The summed E-state index contributed by atoms with van der Waals surface area (Å²) >= 11 is 1.49. The first-order chi connectivity index (χ1) is 14.1. The number of thioether (sulfide) groups is 1. The van der Waals surface area contributed by atoms with Crippen LogP contribution in [0.1, 0.15) is 36.1 Å². The lowest BCUT2D eigenvalue weighted by molar-refractivity contribution is 0.0600. The van der Waals surface area contributed by atoms with E-state index in [9.17, 15) is 9.59 Å². The van der Waals surface area contributed by atoms with Gasteiger partial charge in [0, 0.05) is 32.6 Å². The molecule has 3 heterocycles. The van der Waals surface area contributed by atoms with Crippen LogP contribution in [0.3, 0.4) is 0 Å². The number of piperazine rings is 1. The second-order valence-corrected chi connectivity index (χ2v) is 8.14. The smallest absolute Gasteiger partial charge is 0.409 e. The summed E-state index contributed by atoms with van der Waals surface area (Å²) in [5, 5.41) is 4.72. The number of hydrogen-bond donors (Lipinski definition) is 0. The Morgan fingerprint density at radius 2 is 1.93 bits per heavy atom. The number of nitrogens with zero attached hydrogens (tertiary/aromatic N) is 5. The van der Waals surface area contributed by atoms with Gasteiger partial charge in [-0.25, -0.2) is 9.78 Å². The van der Waals surface area contributed by atoms with Gasteiger partial charge < -0.3 is 9.64 Å². The summed E-state index contributed by atoms with van der Waals surface area (Å²) < 4.78 is 6.58. The number of carbonyl (C=O) groups excluding carboxylic acids is 2. The predicted molar refractivity (Wildman–Crippen MR) is 109 cm³/mol. The van der Waals surface area contributed by atoms with Crippen molar-refractivity contribution in [3.8, 4) is 0 Å². The molecule has 4 rings (SSSR count). The van der Waals surface area contributed by atoms with E-state index in [-0.39, 0.29) is 23.3 Å². The molecule has 0 saturated carbocycles. The number of carbonyl (C=O) groups is 2. The molecule has 2 aliphatic rings. The molecule has 2 aromatic rings. The van der Waals surface area contributed by atoms with Crippen LogP contribution in [0.5, 0.6) is 0 Å². The van der Waals surface area contributed by atoms with Gasteiger partial charge in [0.2, 0.25) is 0 Å². The molecular formula is C20H25N5O3S. The van der Waals surface area contributed by atoms with E-state index in [1.807, 2.05) is 32.0 Å². The summed E-state index contributed by atoms with van der Waals surface area (Å²) in [4.78, 5) is 33.7. The number of rotatable bonds is 5. The topological polar surface area (TPSA) is 80.6 Å². The zero-order valence-corrected chi connectivity index (χ0v) is 17.5. The Morgan fingerprint density at radius 3 is 2.55 bits per heavy atom. The molecule has 1 saturated heterocycles. The maximum Gasteiger partial charge on any atom is 0.409 e. The van der Waals surface area contributed by atoms with Crippen molar-refractivity contribution in [2.24, 2.45) is 0 Å². The van der Waals surface area contributed by atoms with Crippen molar-refractivity contribution in [3.63, 3.8) is 0 Å². The lowest BCUT2D eigenvalue weighted by atomic mass is 10.00. The van der Waals surface area contributed by atoms with Crippen LogP contribution in [-0.2, 0) is 11.2 Å². The lowest BCUT2D eigenvalue weighted by Crippen LogP contribution is -2.52. The molecule has 2 aliphatic heterocycles. The molecule has 0 aliphatic carbocycles. The van der Waals surface area contributed by atoms with Crippen LogP contribution >= 0.6 is 11.8 Å². The minimum absolute atomic E-state index is 0.0288. The third kappa shape index (κ3) is 3.89. The predicted octanol–water partition coefficient (Wildman–Crippen LogP) is 2.47. The van der Waals surface area contributed by atoms with E-state index in [1.54, 1.807) is 4.90 Å². The molecule has 0 radical (unpaired) electrons. The van der Waals surface area contributed by atoms with Crippen LogP contribution in [-0.4, -0.2) is 74.6 Å². The highest BCUT2D eigenvalue weighted by atomic mass is 32.2. The summed E-state index contributed by atoms with van der Waals surface area (Å²) in [5.41, 5.74) is 1.09. The number of benzene rings is 1. The van der Waals surface area contributed by atoms with Crippen LogP contribution in [0.2, 0.25) is 0 Å². The molecule has 1 amide bonds. The molecule has 1 fully saturated rings. The highest BCUT2D eigenvalue weighted by Crippen LogP contribution is 2.41. The monoisotopic (exact) mass is 415 g/mol. The summed E-state index contributed by atoms with van der Waals surface area (Å²) in [6.07, 6.45) is 0.433. The van der Waals surface area contributed by atoms with E-state index in [2.05, 4.69) is 27.1 Å². The number of ether oxygens (including phenoxy) is 1. The van der Waals surface area contributed by atoms with Gasteiger partial charge in [0.05, 0.1) is 12.6 Å². The standard InChI is InChI=1S/C20H25N5O3S/c1-3-15-21-19-25(22-15)18(26)17(29-19)16(14-8-6-5-7-9-14)23-10-12-24(13-11-23)20(27)28-4-2/h5-9,16-17H,3-4,10-13H2,1-2H3. The van der Waals surface area contributed by atoms with Gasteiger partial charge in [0.1, 0.15) is 5.25 Å². The maximum absolute atomic E-state index is 13.2. The zero-order valence-electron chi connectivity index (χ0n) is 16.7. The Balaban J connectivity index is 1.55. The molecule has 1 aromatic heterocycles. The maximum atomic E-state index is 13.2. The van der Waals surface area contributed by atoms with Crippen LogP contribution < -0.4 is 0 Å². The minimum atomic E-state index is -0.313. The molecule has 0 spiro atoms. The Morgan fingerprint density at radius 1 is 1.21 bits per heavy atom. The largest absolute Gasteiger partial charge is 0.450 e. The Labute approximate surface area is 174 Å². The lowest BCUT2D eigenvalue weighted by Gasteiger charge is -2.40. The van der Waals surface area contributed by atoms with Crippen molar-refractivity contribution in [1.29, 1.82) is 0 Å². The SMILES string of the molecule is CCOC(=O)N1CCN(C(c2ccccc2)C2Sc3nc(CC)nn3C2=O)CC1. The van der Waals surface area contributed by atoms with E-state index in [1.165, 1.54) is 16.4 Å². The molecule has 2 unspecified atom stereocenters. The van der Waals surface area contributed by atoms with Gasteiger partial charge in [-0.15, -0.1) is 5.10 Å². The van der Waals surface area contributed by atoms with Crippen LogP contribution in [0.15, 0.2) is 35.5 Å². The summed E-state index contributed by atoms with van der Waals surface area (Å²) in [7, 11) is 0. The van der Waals surface area contributed by atoms with Crippen molar-refractivity contribution in [3.05, 3.63) is 41.7 Å². The first-order valence-electron chi connectivity index (χ1n) is 9.99. The fourth-order valence-electron chi connectivity index (χ4n) is 3.82. The summed E-state index contributed by atoms with van der Waals surface area (Å²) in [6.45, 7) is 6.68. The highest BCUT2D eigenvalue weighted by molar-refractivity contribution is 8.00. The fraction of sp³-hybridized carbons (Fsp3) is 0.500. The fourth-order valence-corrected chi connectivity index (χ4v) is 5.09. The Hall–Kier alpha value is -2.39. The van der Waals surface area contributed by atoms with Crippen LogP contribution in [0.4, 0.5) is 4.79 Å². The molecule has 0 bridgehead atoms. The third-order valence-electron chi connectivity index (χ3n) is 5.28. The zero-order chi connectivity index (χ0) is 20.4. The average Bonchev–Trinajstić information content (AvgIpc) is 3.29. The normalized spacial score (nSPS) is 20.6. The van der Waals surface area contributed by atoms with Gasteiger partial charge in [0.15, 0.2) is 11.0 Å². The van der Waals surface area contributed by atoms with E-state index in [4.69, 9.17) is 4.74 Å². The molecular weight excluding hydrogens is 390 g/mol. The summed E-state index contributed by atoms with van der Waals surface area (Å²) in [5.74, 6) is 0.664. The first kappa shape index (κ1) is 19.9. The molecule has 2 atom stereocenters. The van der Waals surface area contributed by atoms with Crippen molar-refractivity contribution >= 4 is 23.8 Å². The van der Waals surface area contributed by atoms with E-state index >= 15 is 0 Å². The number of aromatic nitrogens is 3. The molecule has 1 aromatic carbocycles. The van der Waals surface area contributed by atoms with Gasteiger partial charge >= 0.3 is 6.09 Å². The highest BCUT2D eigenvalue weighted by Gasteiger charge is 2.43. The number of aryl methyl sites for hydroxylation is 1. The van der Waals surface area contributed by atoms with Crippen LogP contribution in [0.25, 0.3) is 0 Å². The van der Waals surface area contributed by atoms with Crippen molar-refractivity contribution in [2.45, 2.75) is 36.7 Å². The first-order valence-corrected chi connectivity index (χ1v) is 10.9. The van der Waals surface area contributed by atoms with E-state index < -0.39 is 0 Å². The van der Waals surface area contributed by atoms with Crippen LogP contribution in [0, 0.1) is 0 Å². The van der Waals surface area contributed by atoms with Crippen molar-refractivity contribution in [2.75, 3.05) is 32.8 Å². The number of fused-ring (bicyclic) bond motifs is 1. The quantitative estimate of drug-likeness (QED) is 0.742. The van der Waals surface area contributed by atoms with Gasteiger partial charge in [-0.1, -0.05) is 49.0 Å². The van der Waals surface area contributed by atoms with Gasteiger partial charge in [-0.05, 0) is 12.5 Å². The average molecular weight is 416 g/mol. The second kappa shape index (κ2) is 8.54. The number of amides is 1. The third-order valence-corrected chi connectivity index (χ3v) is 6.47. The molecule has 8 nitrogen and oxygen atoms in total. The Kier molecular flexibility index (Phi) is 5.86.